The van der Waals surface area contributed by atoms with Crippen LogP contribution in [0, 0.1) is 16.7 Å². The van der Waals surface area contributed by atoms with Crippen LogP contribution in [0.25, 0.3) is 0 Å². The highest BCUT2D eigenvalue weighted by Crippen LogP contribution is 2.48. The van der Waals surface area contributed by atoms with Gasteiger partial charge in [0.25, 0.3) is 0 Å². The molecule has 2 aliphatic rings. The zero-order valence-corrected chi connectivity index (χ0v) is 11.8. The third kappa shape index (κ3) is 2.28. The van der Waals surface area contributed by atoms with Gasteiger partial charge in [-0.05, 0) is 30.5 Å². The van der Waals surface area contributed by atoms with Crippen molar-refractivity contribution in [1.82, 2.24) is 0 Å². The minimum Gasteiger partial charge on any atom is -0.493 e. The average molecular weight is 291 g/mol. The second-order valence-corrected chi connectivity index (χ2v) is 5.24. The van der Waals surface area contributed by atoms with Crippen LogP contribution in [0.2, 0.25) is 0 Å². The fraction of sp³-hybridized carbons (Fsp3) is 0.533. The first-order chi connectivity index (χ1) is 10.2. The maximum Gasteiger partial charge on any atom is 0.231 e. The van der Waals surface area contributed by atoms with Crippen molar-refractivity contribution in [3.8, 4) is 23.3 Å². The van der Waals surface area contributed by atoms with Crippen LogP contribution in [0.5, 0.6) is 17.2 Å². The maximum atomic E-state index is 10.7. The fourth-order valence-corrected chi connectivity index (χ4v) is 2.81. The number of methoxy groups -OCH3 is 1. The highest BCUT2D eigenvalue weighted by atomic mass is 16.7. The Hall–Kier alpha value is -1.97. The van der Waals surface area contributed by atoms with E-state index in [2.05, 4.69) is 6.07 Å². The molecule has 1 atom stereocenters. The van der Waals surface area contributed by atoms with Crippen LogP contribution >= 0.6 is 0 Å². The number of aliphatic hydroxyl groups excluding tert-OH is 1. The summed E-state index contributed by atoms with van der Waals surface area (Å²) >= 11 is 0. The predicted octanol–water partition coefficient (Wildman–Crippen LogP) is 1.78. The minimum atomic E-state index is -0.921. The monoisotopic (exact) mass is 291 g/mol. The SMILES string of the molecule is COc1cc(C(O)C2(C#N)CCOCC2)cc2c1OCO2. The first-order valence-corrected chi connectivity index (χ1v) is 6.85. The molecule has 2 aliphatic heterocycles. The van der Waals surface area contributed by atoms with Crippen LogP contribution in [0.1, 0.15) is 24.5 Å². The van der Waals surface area contributed by atoms with Crippen molar-refractivity contribution in [2.75, 3.05) is 27.1 Å². The van der Waals surface area contributed by atoms with Gasteiger partial charge in [0, 0.05) is 13.2 Å². The second-order valence-electron chi connectivity index (χ2n) is 5.24. The summed E-state index contributed by atoms with van der Waals surface area (Å²) in [5.74, 6) is 1.56. The number of aliphatic hydroxyl groups is 1. The molecule has 6 heteroatoms. The Kier molecular flexibility index (Phi) is 3.62. The van der Waals surface area contributed by atoms with Crippen LogP contribution in [-0.4, -0.2) is 32.2 Å². The Morgan fingerprint density at radius 2 is 2.10 bits per heavy atom. The number of hydrogen-bond donors (Lipinski definition) is 1. The lowest BCUT2D eigenvalue weighted by Gasteiger charge is -2.35. The number of fused-ring (bicyclic) bond motifs is 1. The minimum absolute atomic E-state index is 0.127. The summed E-state index contributed by atoms with van der Waals surface area (Å²) < 4.78 is 21.3. The lowest BCUT2D eigenvalue weighted by atomic mass is 9.74. The predicted molar refractivity (Wildman–Crippen MR) is 72.2 cm³/mol. The van der Waals surface area contributed by atoms with Gasteiger partial charge in [0.1, 0.15) is 0 Å². The molecule has 1 aromatic carbocycles. The van der Waals surface area contributed by atoms with E-state index in [9.17, 15) is 10.4 Å². The van der Waals surface area contributed by atoms with Crippen molar-refractivity contribution >= 4 is 0 Å². The summed E-state index contributed by atoms with van der Waals surface area (Å²) in [7, 11) is 1.53. The van der Waals surface area contributed by atoms with Gasteiger partial charge in [-0.2, -0.15) is 5.26 Å². The lowest BCUT2D eigenvalue weighted by Crippen LogP contribution is -2.34. The van der Waals surface area contributed by atoms with Gasteiger partial charge in [0.05, 0.1) is 24.7 Å². The highest BCUT2D eigenvalue weighted by molar-refractivity contribution is 5.55. The standard InChI is InChI=1S/C15H17NO5/c1-18-11-6-10(7-12-13(11)21-9-20-12)14(17)15(8-16)2-4-19-5-3-15/h6-7,14,17H,2-5,9H2,1H3. The average Bonchev–Trinajstić information content (AvgIpc) is 3.02. The van der Waals surface area contributed by atoms with Crippen LogP contribution in [0.3, 0.4) is 0 Å². The Balaban J connectivity index is 1.98. The van der Waals surface area contributed by atoms with Crippen LogP contribution in [-0.2, 0) is 4.74 Å². The molecule has 1 fully saturated rings. The number of benzene rings is 1. The summed E-state index contributed by atoms with van der Waals surface area (Å²) in [6, 6.07) is 5.69. The van der Waals surface area contributed by atoms with E-state index in [0.717, 1.165) is 0 Å². The molecule has 1 unspecified atom stereocenters. The van der Waals surface area contributed by atoms with Crippen LogP contribution in [0.15, 0.2) is 12.1 Å². The van der Waals surface area contributed by atoms with Crippen molar-refractivity contribution in [2.45, 2.75) is 18.9 Å². The van der Waals surface area contributed by atoms with E-state index >= 15 is 0 Å². The van der Waals surface area contributed by atoms with Gasteiger partial charge < -0.3 is 24.1 Å². The highest BCUT2D eigenvalue weighted by Gasteiger charge is 2.41. The largest absolute Gasteiger partial charge is 0.493 e. The summed E-state index contributed by atoms with van der Waals surface area (Å²) in [4.78, 5) is 0. The van der Waals surface area contributed by atoms with Crippen molar-refractivity contribution in [2.24, 2.45) is 5.41 Å². The van der Waals surface area contributed by atoms with E-state index in [1.165, 1.54) is 7.11 Å². The summed E-state index contributed by atoms with van der Waals surface area (Å²) in [6.07, 6.45) is 0.0813. The molecule has 0 amide bonds. The summed E-state index contributed by atoms with van der Waals surface area (Å²) in [6.45, 7) is 1.08. The molecule has 0 radical (unpaired) electrons. The topological polar surface area (TPSA) is 80.9 Å². The molecule has 21 heavy (non-hydrogen) atoms. The molecular formula is C15H17NO5. The molecule has 1 aromatic rings. The number of rotatable bonds is 3. The quantitative estimate of drug-likeness (QED) is 0.914. The third-order valence-electron chi connectivity index (χ3n) is 4.13. The van der Waals surface area contributed by atoms with Gasteiger partial charge in [-0.1, -0.05) is 0 Å². The van der Waals surface area contributed by atoms with Gasteiger partial charge >= 0.3 is 0 Å². The van der Waals surface area contributed by atoms with E-state index < -0.39 is 11.5 Å². The van der Waals surface area contributed by atoms with Crippen LogP contribution in [0.4, 0.5) is 0 Å². The Labute approximate surface area is 122 Å². The summed E-state index contributed by atoms with van der Waals surface area (Å²) in [5, 5.41) is 20.3. The number of nitriles is 1. The number of hydrogen-bond acceptors (Lipinski definition) is 6. The number of nitrogens with zero attached hydrogens (tertiary/aromatic N) is 1. The Bertz CT molecular complexity index is 574. The molecule has 3 rings (SSSR count). The molecule has 1 saturated heterocycles. The molecule has 1 N–H and O–H groups in total. The fourth-order valence-electron chi connectivity index (χ4n) is 2.81. The van der Waals surface area contributed by atoms with Gasteiger partial charge in [0.2, 0.25) is 12.5 Å². The Morgan fingerprint density at radius 1 is 1.33 bits per heavy atom. The van der Waals surface area contributed by atoms with Crippen molar-refractivity contribution < 1.29 is 24.1 Å². The van der Waals surface area contributed by atoms with Crippen molar-refractivity contribution in [3.63, 3.8) is 0 Å². The number of ether oxygens (including phenoxy) is 4. The van der Waals surface area contributed by atoms with Crippen molar-refractivity contribution in [3.05, 3.63) is 17.7 Å². The van der Waals surface area contributed by atoms with E-state index in [-0.39, 0.29) is 6.79 Å². The van der Waals surface area contributed by atoms with E-state index in [1.807, 2.05) is 0 Å². The van der Waals surface area contributed by atoms with E-state index in [0.29, 0.717) is 48.9 Å². The zero-order valence-electron chi connectivity index (χ0n) is 11.8. The van der Waals surface area contributed by atoms with Crippen molar-refractivity contribution in [1.29, 1.82) is 5.26 Å². The first-order valence-electron chi connectivity index (χ1n) is 6.85. The normalized spacial score (nSPS) is 20.6. The van der Waals surface area contributed by atoms with Gasteiger partial charge in [-0.3, -0.25) is 0 Å². The molecule has 2 heterocycles. The molecular weight excluding hydrogens is 274 g/mol. The first kappa shape index (κ1) is 14.0. The lowest BCUT2D eigenvalue weighted by molar-refractivity contribution is -0.0311. The summed E-state index contributed by atoms with van der Waals surface area (Å²) in [5.41, 5.74) is -0.240. The molecule has 0 aromatic heterocycles. The second kappa shape index (κ2) is 5.43. The molecule has 6 nitrogen and oxygen atoms in total. The molecule has 0 bridgehead atoms. The van der Waals surface area contributed by atoms with Gasteiger partial charge in [-0.15, -0.1) is 0 Å². The van der Waals surface area contributed by atoms with Gasteiger partial charge in [-0.25, -0.2) is 0 Å². The van der Waals surface area contributed by atoms with Gasteiger partial charge in [0.15, 0.2) is 11.5 Å². The smallest absolute Gasteiger partial charge is 0.231 e. The molecule has 0 aliphatic carbocycles. The molecule has 0 spiro atoms. The third-order valence-corrected chi connectivity index (χ3v) is 4.13. The molecule has 112 valence electrons. The Morgan fingerprint density at radius 3 is 2.76 bits per heavy atom. The maximum absolute atomic E-state index is 10.7. The molecule has 0 saturated carbocycles. The van der Waals surface area contributed by atoms with E-state index in [4.69, 9.17) is 18.9 Å². The van der Waals surface area contributed by atoms with Crippen LogP contribution < -0.4 is 14.2 Å². The van der Waals surface area contributed by atoms with E-state index in [1.54, 1.807) is 12.1 Å². The zero-order chi connectivity index (χ0) is 14.9.